The quantitative estimate of drug-likeness (QED) is 0.656. The van der Waals surface area contributed by atoms with Crippen molar-refractivity contribution in [3.8, 4) is 5.82 Å². The number of fused-ring (bicyclic) bond motifs is 1. The molecule has 3 aromatic rings. The summed E-state index contributed by atoms with van der Waals surface area (Å²) in [6.45, 7) is 2.99. The Morgan fingerprint density at radius 3 is 2.77 bits per heavy atom. The summed E-state index contributed by atoms with van der Waals surface area (Å²) in [6.07, 6.45) is 9.65. The van der Waals surface area contributed by atoms with Crippen LogP contribution in [0.1, 0.15) is 50.3 Å². The molecule has 2 fully saturated rings. The number of piperidine rings is 1. The molecule has 5 heterocycles. The maximum Gasteiger partial charge on any atom is 0.222 e. The van der Waals surface area contributed by atoms with E-state index in [9.17, 15) is 4.79 Å². The van der Waals surface area contributed by atoms with E-state index in [0.717, 1.165) is 69.0 Å². The molecule has 5 rings (SSSR count). The minimum absolute atomic E-state index is 0.293. The molecular weight excluding hydrogens is 380 g/mol. The molecule has 0 bridgehead atoms. The Hall–Kier alpha value is -2.81. The lowest BCUT2D eigenvalue weighted by atomic mass is 9.95. The Bertz CT molecular complexity index is 1010. The lowest BCUT2D eigenvalue weighted by molar-refractivity contribution is -0.131. The second-order valence-electron chi connectivity index (χ2n) is 8.45. The summed E-state index contributed by atoms with van der Waals surface area (Å²) >= 11 is 0. The van der Waals surface area contributed by atoms with E-state index >= 15 is 0 Å². The van der Waals surface area contributed by atoms with Gasteiger partial charge in [-0.15, -0.1) is 15.3 Å². The van der Waals surface area contributed by atoms with Crippen molar-refractivity contribution in [1.82, 2.24) is 39.4 Å². The fourth-order valence-corrected chi connectivity index (χ4v) is 4.69. The highest BCUT2D eigenvalue weighted by atomic mass is 16.2. The van der Waals surface area contributed by atoms with Crippen molar-refractivity contribution in [3.63, 3.8) is 0 Å². The molecule has 0 radical (unpaired) electrons. The van der Waals surface area contributed by atoms with E-state index in [1.807, 2.05) is 40.9 Å². The Labute approximate surface area is 175 Å². The monoisotopic (exact) mass is 408 g/mol. The molecule has 0 N–H and O–H groups in total. The third-order valence-corrected chi connectivity index (χ3v) is 6.55. The molecule has 2 saturated heterocycles. The molecule has 1 atom stereocenters. The molecule has 1 unspecified atom stereocenters. The van der Waals surface area contributed by atoms with Gasteiger partial charge in [-0.05, 0) is 57.0 Å². The van der Waals surface area contributed by atoms with E-state index in [4.69, 9.17) is 5.10 Å². The predicted molar refractivity (Wildman–Crippen MR) is 111 cm³/mol. The van der Waals surface area contributed by atoms with Crippen LogP contribution in [0.5, 0.6) is 0 Å². The lowest BCUT2D eigenvalue weighted by Crippen LogP contribution is -2.46. The van der Waals surface area contributed by atoms with Crippen molar-refractivity contribution in [2.24, 2.45) is 0 Å². The molecule has 0 saturated carbocycles. The predicted octanol–water partition coefficient (Wildman–Crippen LogP) is 1.89. The number of aromatic nitrogens is 6. The van der Waals surface area contributed by atoms with E-state index in [1.165, 1.54) is 0 Å². The van der Waals surface area contributed by atoms with Crippen molar-refractivity contribution in [2.75, 3.05) is 26.7 Å². The van der Waals surface area contributed by atoms with Crippen LogP contribution in [-0.4, -0.2) is 78.0 Å². The van der Waals surface area contributed by atoms with Crippen molar-refractivity contribution < 1.29 is 4.79 Å². The van der Waals surface area contributed by atoms with Gasteiger partial charge in [0, 0.05) is 44.4 Å². The van der Waals surface area contributed by atoms with E-state index in [1.54, 1.807) is 10.9 Å². The average molecular weight is 409 g/mol. The summed E-state index contributed by atoms with van der Waals surface area (Å²) in [5.41, 5.74) is 0.766. The average Bonchev–Trinajstić information content (AvgIpc) is 3.42. The van der Waals surface area contributed by atoms with Crippen molar-refractivity contribution in [3.05, 3.63) is 36.4 Å². The first-order chi connectivity index (χ1) is 14.7. The number of likely N-dealkylation sites (tertiary alicyclic amines) is 2. The Morgan fingerprint density at radius 2 is 1.97 bits per heavy atom. The largest absolute Gasteiger partial charge is 0.341 e. The molecule has 158 valence electrons. The highest BCUT2D eigenvalue weighted by molar-refractivity contribution is 5.76. The van der Waals surface area contributed by atoms with Gasteiger partial charge in [0.1, 0.15) is 0 Å². The number of hydrogen-bond donors (Lipinski definition) is 0. The van der Waals surface area contributed by atoms with Crippen LogP contribution in [0, 0.1) is 0 Å². The summed E-state index contributed by atoms with van der Waals surface area (Å²) in [5.74, 6) is 2.32. The van der Waals surface area contributed by atoms with Crippen molar-refractivity contribution in [2.45, 2.75) is 50.5 Å². The summed E-state index contributed by atoms with van der Waals surface area (Å²) in [4.78, 5) is 16.7. The van der Waals surface area contributed by atoms with Gasteiger partial charge in [0.05, 0.1) is 0 Å². The number of nitrogens with zero attached hydrogens (tertiary/aromatic N) is 8. The van der Waals surface area contributed by atoms with E-state index in [2.05, 4.69) is 20.2 Å². The molecule has 3 aromatic heterocycles. The van der Waals surface area contributed by atoms with E-state index in [0.29, 0.717) is 24.3 Å². The van der Waals surface area contributed by atoms with Gasteiger partial charge in [-0.3, -0.25) is 4.79 Å². The minimum Gasteiger partial charge on any atom is -0.341 e. The first-order valence-corrected chi connectivity index (χ1v) is 10.9. The zero-order chi connectivity index (χ0) is 20.5. The molecule has 2 aliphatic rings. The van der Waals surface area contributed by atoms with E-state index in [-0.39, 0.29) is 0 Å². The van der Waals surface area contributed by atoms with Crippen LogP contribution in [-0.2, 0) is 4.79 Å². The Balaban J connectivity index is 1.27. The van der Waals surface area contributed by atoms with Crippen LogP contribution in [0.25, 0.3) is 11.5 Å². The molecule has 30 heavy (non-hydrogen) atoms. The van der Waals surface area contributed by atoms with Crippen LogP contribution in [0.3, 0.4) is 0 Å². The second-order valence-corrected chi connectivity index (χ2v) is 8.45. The first-order valence-electron chi connectivity index (χ1n) is 10.9. The number of hydrogen-bond acceptors (Lipinski definition) is 6. The minimum atomic E-state index is 0.293. The second kappa shape index (κ2) is 8.14. The Kier molecular flexibility index (Phi) is 5.20. The molecule has 2 aliphatic heterocycles. The van der Waals surface area contributed by atoms with Crippen molar-refractivity contribution >= 4 is 11.6 Å². The number of likely N-dealkylation sites (N-methyl/N-ethyl adjacent to an activating group) is 1. The molecule has 0 spiro atoms. The first kappa shape index (κ1) is 19.2. The van der Waals surface area contributed by atoms with Gasteiger partial charge >= 0.3 is 0 Å². The zero-order valence-corrected chi connectivity index (χ0v) is 17.4. The van der Waals surface area contributed by atoms with Gasteiger partial charge in [0.25, 0.3) is 0 Å². The van der Waals surface area contributed by atoms with Gasteiger partial charge in [-0.2, -0.15) is 9.61 Å². The highest BCUT2D eigenvalue weighted by Crippen LogP contribution is 2.28. The molecule has 1 amide bonds. The van der Waals surface area contributed by atoms with Crippen LogP contribution in [0.4, 0.5) is 0 Å². The summed E-state index contributed by atoms with van der Waals surface area (Å²) < 4.78 is 3.62. The number of carbonyl (C=O) groups is 1. The van der Waals surface area contributed by atoms with Crippen molar-refractivity contribution in [1.29, 1.82) is 0 Å². The molecule has 9 heteroatoms. The molecular formula is C21H28N8O. The van der Waals surface area contributed by atoms with Gasteiger partial charge in [-0.1, -0.05) is 6.42 Å². The fraction of sp³-hybridized carbons (Fsp3) is 0.571. The highest BCUT2D eigenvalue weighted by Gasteiger charge is 2.29. The molecule has 0 aliphatic carbocycles. The molecule has 9 nitrogen and oxygen atoms in total. The van der Waals surface area contributed by atoms with Crippen LogP contribution < -0.4 is 0 Å². The van der Waals surface area contributed by atoms with Crippen LogP contribution in [0.2, 0.25) is 0 Å². The summed E-state index contributed by atoms with van der Waals surface area (Å²) in [6, 6.07) is 6.07. The smallest absolute Gasteiger partial charge is 0.222 e. The van der Waals surface area contributed by atoms with Crippen LogP contribution >= 0.6 is 0 Å². The SMILES string of the molecule is CN1C(=O)CCCCC1CN1CCC(c2nnc3ccc(-n4cccn4)nn23)CC1. The number of carbonyl (C=O) groups excluding carboxylic acids is 1. The van der Waals surface area contributed by atoms with Gasteiger partial charge in [0.2, 0.25) is 5.91 Å². The van der Waals surface area contributed by atoms with Crippen LogP contribution in [0.15, 0.2) is 30.6 Å². The third-order valence-electron chi connectivity index (χ3n) is 6.55. The van der Waals surface area contributed by atoms with Gasteiger partial charge < -0.3 is 9.80 Å². The van der Waals surface area contributed by atoms with Gasteiger partial charge in [0.15, 0.2) is 17.3 Å². The number of rotatable bonds is 4. The standard InChI is InChI=1S/C21H28N8O/c1-26-17(5-2-3-6-20(26)30)15-27-13-9-16(10-14-27)21-24-23-18-7-8-19(25-29(18)21)28-12-4-11-22-28/h4,7-8,11-12,16-17H,2-3,5-6,9-10,13-15H2,1H3. The fourth-order valence-electron chi connectivity index (χ4n) is 4.69. The maximum absolute atomic E-state index is 12.2. The molecule has 0 aromatic carbocycles. The normalized spacial score (nSPS) is 22.0. The van der Waals surface area contributed by atoms with Gasteiger partial charge in [-0.25, -0.2) is 4.68 Å². The van der Waals surface area contributed by atoms with E-state index < -0.39 is 0 Å². The maximum atomic E-state index is 12.2. The Morgan fingerprint density at radius 1 is 1.10 bits per heavy atom. The third kappa shape index (κ3) is 3.69. The summed E-state index contributed by atoms with van der Waals surface area (Å²) in [5, 5.41) is 17.8. The summed E-state index contributed by atoms with van der Waals surface area (Å²) in [7, 11) is 1.97. The number of amides is 1. The lowest BCUT2D eigenvalue weighted by Gasteiger charge is -2.36. The topological polar surface area (TPSA) is 84.5 Å². The zero-order valence-electron chi connectivity index (χ0n) is 17.4.